The van der Waals surface area contributed by atoms with Crippen molar-refractivity contribution in [3.8, 4) is 23.8 Å². The molecular weight excluding hydrogens is 244 g/mol. The molecule has 1 aromatic rings. The second-order valence-corrected chi connectivity index (χ2v) is 3.82. The van der Waals surface area contributed by atoms with Gasteiger partial charge in [-0.3, -0.25) is 4.79 Å². The zero-order valence-corrected chi connectivity index (χ0v) is 11.4. The number of carbonyl (C=O) groups excluding carboxylic acids is 1. The Balaban J connectivity index is 3.20. The van der Waals surface area contributed by atoms with Gasteiger partial charge in [-0.15, -0.1) is 6.42 Å². The maximum absolute atomic E-state index is 12.3. The summed E-state index contributed by atoms with van der Waals surface area (Å²) < 4.78 is 10.3. The van der Waals surface area contributed by atoms with Crippen molar-refractivity contribution in [2.24, 2.45) is 0 Å². The average molecular weight is 262 g/mol. The molecule has 1 aromatic carbocycles. The van der Waals surface area contributed by atoms with E-state index in [1.54, 1.807) is 12.1 Å². The van der Waals surface area contributed by atoms with Gasteiger partial charge in [-0.2, -0.15) is 0 Å². The summed E-state index contributed by atoms with van der Waals surface area (Å²) in [6.45, 7) is 2.60. The minimum absolute atomic E-state index is 0.223. The fraction of sp³-hybridized carbons (Fsp3) is 0.357. The van der Waals surface area contributed by atoms with Gasteiger partial charge in [0.25, 0.3) is 5.91 Å². The minimum Gasteiger partial charge on any atom is -0.493 e. The molecule has 2 N–H and O–H groups in total. The van der Waals surface area contributed by atoms with E-state index in [1.807, 2.05) is 6.92 Å². The number of amides is 1. The molecule has 0 radical (unpaired) electrons. The third kappa shape index (κ3) is 3.10. The Hall–Kier alpha value is -2.35. The van der Waals surface area contributed by atoms with E-state index in [9.17, 15) is 4.79 Å². The summed E-state index contributed by atoms with van der Waals surface area (Å²) in [5.74, 6) is 3.16. The zero-order valence-electron chi connectivity index (χ0n) is 11.4. The molecule has 0 atom stereocenters. The lowest BCUT2D eigenvalue weighted by Crippen LogP contribution is -2.31. The van der Waals surface area contributed by atoms with Crippen molar-refractivity contribution in [3.05, 3.63) is 17.7 Å². The van der Waals surface area contributed by atoms with Crippen molar-refractivity contribution in [2.75, 3.05) is 33.0 Å². The molecule has 0 spiro atoms. The van der Waals surface area contributed by atoms with Gasteiger partial charge in [0, 0.05) is 18.3 Å². The summed E-state index contributed by atoms with van der Waals surface area (Å²) in [7, 11) is 3.01. The lowest BCUT2D eigenvalue weighted by atomic mass is 10.1. The molecule has 0 unspecified atom stereocenters. The molecule has 0 saturated carbocycles. The summed E-state index contributed by atoms with van der Waals surface area (Å²) in [6.07, 6.45) is 5.24. The van der Waals surface area contributed by atoms with Crippen molar-refractivity contribution in [3.63, 3.8) is 0 Å². The van der Waals surface area contributed by atoms with Crippen LogP contribution in [0.25, 0.3) is 0 Å². The number of ether oxygens (including phenoxy) is 2. The molecule has 5 heteroatoms. The Kier molecular flexibility index (Phi) is 5.07. The summed E-state index contributed by atoms with van der Waals surface area (Å²) in [5.41, 5.74) is 6.56. The van der Waals surface area contributed by atoms with Crippen LogP contribution in [0.4, 0.5) is 5.69 Å². The average Bonchev–Trinajstić information content (AvgIpc) is 2.43. The largest absolute Gasteiger partial charge is 0.493 e. The maximum Gasteiger partial charge on any atom is 0.256 e. The third-order valence-corrected chi connectivity index (χ3v) is 2.74. The number of methoxy groups -OCH3 is 2. The molecule has 5 nitrogen and oxygen atoms in total. The summed E-state index contributed by atoms with van der Waals surface area (Å²) in [6, 6.07) is 3.13. The van der Waals surface area contributed by atoms with E-state index >= 15 is 0 Å². The monoisotopic (exact) mass is 262 g/mol. The second-order valence-electron chi connectivity index (χ2n) is 3.82. The van der Waals surface area contributed by atoms with E-state index in [2.05, 4.69) is 5.92 Å². The van der Waals surface area contributed by atoms with Gasteiger partial charge >= 0.3 is 0 Å². The smallest absolute Gasteiger partial charge is 0.256 e. The molecule has 0 aliphatic rings. The molecule has 0 aliphatic carbocycles. The number of benzene rings is 1. The first kappa shape index (κ1) is 14.7. The first-order chi connectivity index (χ1) is 9.08. The number of rotatable bonds is 5. The quantitative estimate of drug-likeness (QED) is 0.643. The highest BCUT2D eigenvalue weighted by Gasteiger charge is 2.19. The molecule has 0 aliphatic heterocycles. The van der Waals surface area contributed by atoms with Crippen molar-refractivity contribution < 1.29 is 14.3 Å². The van der Waals surface area contributed by atoms with Crippen molar-refractivity contribution in [1.29, 1.82) is 0 Å². The fourth-order valence-corrected chi connectivity index (χ4v) is 1.69. The van der Waals surface area contributed by atoms with Crippen LogP contribution in [0.3, 0.4) is 0 Å². The van der Waals surface area contributed by atoms with Crippen molar-refractivity contribution in [2.45, 2.75) is 6.92 Å². The van der Waals surface area contributed by atoms with Gasteiger partial charge in [0.2, 0.25) is 0 Å². The number of nitrogens with zero attached hydrogens (tertiary/aromatic N) is 1. The van der Waals surface area contributed by atoms with Crippen LogP contribution in [0.15, 0.2) is 12.1 Å². The van der Waals surface area contributed by atoms with Gasteiger partial charge < -0.3 is 20.1 Å². The Morgan fingerprint density at radius 3 is 2.42 bits per heavy atom. The molecule has 102 valence electrons. The van der Waals surface area contributed by atoms with Crippen LogP contribution in [0, 0.1) is 12.3 Å². The molecule has 0 aromatic heterocycles. The van der Waals surface area contributed by atoms with Gasteiger partial charge in [-0.1, -0.05) is 5.92 Å². The minimum atomic E-state index is -0.223. The molecule has 19 heavy (non-hydrogen) atoms. The lowest BCUT2D eigenvalue weighted by molar-refractivity contribution is 0.0785. The number of hydrogen-bond acceptors (Lipinski definition) is 4. The van der Waals surface area contributed by atoms with Crippen molar-refractivity contribution >= 4 is 11.6 Å². The van der Waals surface area contributed by atoms with E-state index in [0.717, 1.165) is 0 Å². The van der Waals surface area contributed by atoms with E-state index in [1.165, 1.54) is 19.1 Å². The summed E-state index contributed by atoms with van der Waals surface area (Å²) in [4.78, 5) is 13.8. The first-order valence-electron chi connectivity index (χ1n) is 5.83. The fourth-order valence-electron chi connectivity index (χ4n) is 1.69. The van der Waals surface area contributed by atoms with Crippen LogP contribution in [-0.2, 0) is 0 Å². The predicted molar refractivity (Wildman–Crippen MR) is 74.4 cm³/mol. The van der Waals surface area contributed by atoms with Crippen LogP contribution in [-0.4, -0.2) is 38.1 Å². The highest BCUT2D eigenvalue weighted by Crippen LogP contribution is 2.32. The number of hydrogen-bond donors (Lipinski definition) is 1. The number of carbonyl (C=O) groups is 1. The van der Waals surface area contributed by atoms with E-state index in [-0.39, 0.29) is 12.5 Å². The molecule has 0 heterocycles. The van der Waals surface area contributed by atoms with Crippen molar-refractivity contribution in [1.82, 2.24) is 4.90 Å². The molecule has 1 rings (SSSR count). The van der Waals surface area contributed by atoms with Gasteiger partial charge in [-0.05, 0) is 13.0 Å². The maximum atomic E-state index is 12.3. The highest BCUT2D eigenvalue weighted by atomic mass is 16.5. The number of anilines is 1. The van der Waals surface area contributed by atoms with Crippen LogP contribution in [0.2, 0.25) is 0 Å². The summed E-state index contributed by atoms with van der Waals surface area (Å²) >= 11 is 0. The third-order valence-electron chi connectivity index (χ3n) is 2.74. The van der Waals surface area contributed by atoms with Gasteiger partial charge in [0.05, 0.1) is 26.3 Å². The van der Waals surface area contributed by atoms with Gasteiger partial charge in [0.1, 0.15) is 0 Å². The van der Waals surface area contributed by atoms with E-state index in [0.29, 0.717) is 29.3 Å². The van der Waals surface area contributed by atoms with Crippen LogP contribution < -0.4 is 15.2 Å². The van der Waals surface area contributed by atoms with Gasteiger partial charge in [-0.25, -0.2) is 0 Å². The number of terminal acetylenes is 1. The lowest BCUT2D eigenvalue weighted by Gasteiger charge is -2.20. The summed E-state index contributed by atoms with van der Waals surface area (Å²) in [5, 5.41) is 0. The normalized spacial score (nSPS) is 9.58. The second kappa shape index (κ2) is 6.55. The number of nitrogen functional groups attached to an aromatic ring is 1. The molecule has 1 amide bonds. The predicted octanol–water partition coefficient (Wildman–Crippen LogP) is 1.38. The molecule has 0 bridgehead atoms. The first-order valence-corrected chi connectivity index (χ1v) is 5.83. The van der Waals surface area contributed by atoms with Crippen LogP contribution in [0.1, 0.15) is 17.3 Å². The SMILES string of the molecule is C#CCN(CC)C(=O)c1cc(OC)c(OC)cc1N. The van der Waals surface area contributed by atoms with E-state index < -0.39 is 0 Å². The Morgan fingerprint density at radius 2 is 1.95 bits per heavy atom. The van der Waals surface area contributed by atoms with E-state index in [4.69, 9.17) is 21.6 Å². The van der Waals surface area contributed by atoms with Gasteiger partial charge in [0.15, 0.2) is 11.5 Å². The molecular formula is C14H18N2O3. The highest BCUT2D eigenvalue weighted by molar-refractivity contribution is 6.00. The van der Waals surface area contributed by atoms with Crippen LogP contribution in [0.5, 0.6) is 11.5 Å². The number of nitrogens with two attached hydrogens (primary N) is 1. The Morgan fingerprint density at radius 1 is 1.37 bits per heavy atom. The Bertz CT molecular complexity index is 506. The Labute approximate surface area is 113 Å². The standard InChI is InChI=1S/C14H18N2O3/c1-5-7-16(6-2)14(17)10-8-12(18-3)13(19-4)9-11(10)15/h1,8-9H,6-7,15H2,2-4H3. The molecule has 0 fully saturated rings. The molecule has 0 saturated heterocycles. The zero-order chi connectivity index (χ0) is 14.4. The topological polar surface area (TPSA) is 64.8 Å². The van der Waals surface area contributed by atoms with Crippen LogP contribution >= 0.6 is 0 Å².